The lowest BCUT2D eigenvalue weighted by atomic mass is 9.38. The number of hydrogen-bond donors (Lipinski definition) is 3. The van der Waals surface area contributed by atoms with E-state index >= 15 is 0 Å². The minimum Gasteiger partial charge on any atom is -0.476 e. The van der Waals surface area contributed by atoms with Crippen LogP contribution >= 0.6 is 11.3 Å². The van der Waals surface area contributed by atoms with E-state index in [1.54, 1.807) is 24.4 Å². The van der Waals surface area contributed by atoms with Gasteiger partial charge in [-0.25, -0.2) is 14.8 Å². The van der Waals surface area contributed by atoms with Gasteiger partial charge in [0.05, 0.1) is 38.9 Å². The number of nitrogens with zero attached hydrogens (tertiary/aromatic N) is 5. The number of hydrogen-bond acceptors (Lipinski definition) is 8. The number of H-pyrrole nitrogens is 1. The highest BCUT2D eigenvalue weighted by atomic mass is 32.1. The number of thiazole rings is 1. The number of benzene rings is 2. The number of anilines is 1. The summed E-state index contributed by atoms with van der Waals surface area (Å²) in [6.07, 6.45) is 7.42. The van der Waals surface area contributed by atoms with Gasteiger partial charge in [-0.15, -0.1) is 0 Å². The monoisotopic (exact) mass is 699 g/mol. The Balaban J connectivity index is 1.01. The summed E-state index contributed by atoms with van der Waals surface area (Å²) in [6, 6.07) is 18.6. The Morgan fingerprint density at radius 2 is 1.75 bits per heavy atom. The molecule has 4 bridgehead atoms. The number of aromatic carboxylic acids is 1. The van der Waals surface area contributed by atoms with E-state index in [1.165, 1.54) is 11.3 Å². The van der Waals surface area contributed by atoms with Crippen LogP contribution in [0.2, 0.25) is 0 Å². The molecule has 11 nitrogen and oxygen atoms in total. The smallest absolute Gasteiger partial charge is 0.355 e. The molecule has 0 spiro atoms. The molecule has 2 atom stereocenters. The number of para-hydroxylation sites is 2. The van der Waals surface area contributed by atoms with Gasteiger partial charge in [-0.05, 0) is 98.1 Å². The Morgan fingerprint density at radius 3 is 2.49 bits per heavy atom. The van der Waals surface area contributed by atoms with Gasteiger partial charge in [0.2, 0.25) is 0 Å². The average molecular weight is 700 g/mol. The highest BCUT2D eigenvalue weighted by Crippen LogP contribution is 2.72. The molecule has 2 unspecified atom stereocenters. The third-order valence-corrected chi connectivity index (χ3v) is 12.5. The van der Waals surface area contributed by atoms with Crippen LogP contribution in [-0.4, -0.2) is 47.3 Å². The average Bonchev–Trinajstić information content (AvgIpc) is 3.79. The Hall–Kier alpha value is -5.23. The van der Waals surface area contributed by atoms with Crippen molar-refractivity contribution in [1.29, 1.82) is 0 Å². The lowest BCUT2D eigenvalue weighted by Crippen LogP contribution is -2.62. The van der Waals surface area contributed by atoms with Crippen molar-refractivity contribution in [2.75, 3.05) is 5.32 Å². The molecule has 51 heavy (non-hydrogen) atoms. The Bertz CT molecular complexity index is 2390. The van der Waals surface area contributed by atoms with Crippen molar-refractivity contribution in [3.8, 4) is 22.5 Å². The van der Waals surface area contributed by atoms with Gasteiger partial charge < -0.3 is 10.1 Å². The van der Waals surface area contributed by atoms with Gasteiger partial charge >= 0.3 is 5.97 Å². The second-order valence-corrected chi connectivity index (χ2v) is 17.1. The van der Waals surface area contributed by atoms with Crippen LogP contribution < -0.4 is 5.32 Å². The van der Waals surface area contributed by atoms with Crippen LogP contribution in [0.4, 0.5) is 5.13 Å². The number of fused-ring (bicyclic) bond motifs is 2. The van der Waals surface area contributed by atoms with Crippen molar-refractivity contribution in [2.24, 2.45) is 21.4 Å². The number of carboxylic acid groups (broad SMARTS) is 1. The van der Waals surface area contributed by atoms with Crippen molar-refractivity contribution in [3.05, 3.63) is 88.7 Å². The maximum atomic E-state index is 13.4. The normalized spacial score (nSPS) is 26.6. The molecule has 12 heteroatoms. The van der Waals surface area contributed by atoms with E-state index in [4.69, 9.17) is 5.10 Å². The van der Waals surface area contributed by atoms with Crippen molar-refractivity contribution in [2.45, 2.75) is 71.4 Å². The Labute approximate surface area is 297 Å². The van der Waals surface area contributed by atoms with E-state index in [-0.39, 0.29) is 27.8 Å². The minimum atomic E-state index is -1.15. The van der Waals surface area contributed by atoms with Gasteiger partial charge in [0.15, 0.2) is 10.8 Å². The molecule has 4 aromatic heterocycles. The lowest BCUT2D eigenvalue weighted by Gasteiger charge is -2.67. The lowest BCUT2D eigenvalue weighted by molar-refractivity contribution is -0.161. The first-order chi connectivity index (χ1) is 24.4. The summed E-state index contributed by atoms with van der Waals surface area (Å²) in [4.78, 5) is 50.8. The maximum absolute atomic E-state index is 13.4. The van der Waals surface area contributed by atoms with E-state index in [0.717, 1.165) is 59.8 Å². The van der Waals surface area contributed by atoms with E-state index in [1.807, 2.05) is 54.1 Å². The quantitative estimate of drug-likeness (QED) is 0.134. The fourth-order valence-corrected chi connectivity index (χ4v) is 11.8. The van der Waals surface area contributed by atoms with Gasteiger partial charge in [-0.2, -0.15) is 10.0 Å². The third-order valence-electron chi connectivity index (χ3n) is 11.5. The van der Waals surface area contributed by atoms with Crippen molar-refractivity contribution >= 4 is 49.5 Å². The first-order valence-electron chi connectivity index (χ1n) is 17.3. The van der Waals surface area contributed by atoms with E-state index in [9.17, 15) is 19.6 Å². The van der Waals surface area contributed by atoms with Crippen molar-refractivity contribution < 1.29 is 14.7 Å². The Morgan fingerprint density at radius 1 is 0.961 bits per heavy atom. The molecule has 6 aromatic rings. The zero-order valence-corrected chi connectivity index (χ0v) is 29.4. The number of pyridine rings is 1. The first kappa shape index (κ1) is 31.7. The molecule has 4 saturated carbocycles. The predicted octanol–water partition coefficient (Wildman–Crippen LogP) is 8.85. The number of carboxylic acids is 1. The van der Waals surface area contributed by atoms with Gasteiger partial charge in [0, 0.05) is 28.8 Å². The van der Waals surface area contributed by atoms with Crippen molar-refractivity contribution in [3.63, 3.8) is 0 Å². The summed E-state index contributed by atoms with van der Waals surface area (Å²) >= 11 is 1.41. The minimum absolute atomic E-state index is 0.0819. The topological polar surface area (TPSA) is 155 Å². The van der Waals surface area contributed by atoms with Gasteiger partial charge in [0.25, 0.3) is 5.91 Å². The Kier molecular flexibility index (Phi) is 6.77. The SMILES string of the molecule is Cc1c(-c2ccc(-c3cc4cccc(C(=O)Nc5nc6ccccc6s5)c4[nH]3)nc2C(=O)O)cnn1CC12CC3(C)CC(C)(C1)CC(N=O)(C3)C2. The van der Waals surface area contributed by atoms with Crippen LogP contribution in [0.5, 0.6) is 0 Å². The molecule has 0 radical (unpaired) electrons. The summed E-state index contributed by atoms with van der Waals surface area (Å²) in [5, 5.41) is 23.1. The van der Waals surface area contributed by atoms with Crippen molar-refractivity contribution in [1.82, 2.24) is 24.7 Å². The van der Waals surface area contributed by atoms with Crippen LogP contribution in [-0.2, 0) is 6.54 Å². The summed E-state index contributed by atoms with van der Waals surface area (Å²) < 4.78 is 2.97. The fourth-order valence-electron chi connectivity index (χ4n) is 10.9. The molecule has 3 N–H and O–H groups in total. The molecule has 4 heterocycles. The summed E-state index contributed by atoms with van der Waals surface area (Å²) in [5.41, 5.74) is 4.45. The largest absolute Gasteiger partial charge is 0.476 e. The van der Waals surface area contributed by atoms with Crippen LogP contribution in [0.25, 0.3) is 43.6 Å². The number of amides is 1. The molecule has 10 rings (SSSR count). The molecule has 4 fully saturated rings. The van der Waals surface area contributed by atoms with E-state index in [2.05, 4.69) is 39.3 Å². The van der Waals surface area contributed by atoms with Crippen LogP contribution in [0.1, 0.15) is 78.9 Å². The number of aromatic nitrogens is 5. The number of carbonyl (C=O) groups excluding carboxylic acids is 1. The third kappa shape index (κ3) is 5.18. The fraction of sp³-hybridized carbons (Fsp3) is 0.359. The first-order valence-corrected chi connectivity index (χ1v) is 18.1. The maximum Gasteiger partial charge on any atom is 0.355 e. The molecule has 2 aromatic carbocycles. The molecular weight excluding hydrogens is 663 g/mol. The van der Waals surface area contributed by atoms with Gasteiger partial charge in [-0.1, -0.05) is 54.6 Å². The highest BCUT2D eigenvalue weighted by molar-refractivity contribution is 7.22. The van der Waals surface area contributed by atoms with Crippen LogP contribution in [0, 0.1) is 28.1 Å². The van der Waals surface area contributed by atoms with E-state index < -0.39 is 11.5 Å². The standard InChI is InChI=1S/C39H37N7O4S/c1-22-26(14-40-46(22)21-38-16-36(2)15-37(3,17-38)19-39(18-36,20-38)45-50)24-11-12-27(41-32(24)34(48)49)29-13-23-7-6-8-25(31(23)42-29)33(47)44-35-43-28-9-4-5-10-30(28)51-35/h4-14,42H,15-21H2,1-3H3,(H,48,49)(H,43,44,47). The molecule has 0 saturated heterocycles. The molecule has 4 aliphatic carbocycles. The van der Waals surface area contributed by atoms with Gasteiger partial charge in [-0.3, -0.25) is 14.8 Å². The predicted molar refractivity (Wildman–Crippen MR) is 197 cm³/mol. The summed E-state index contributed by atoms with van der Waals surface area (Å²) in [5.74, 6) is -1.45. The molecule has 258 valence electrons. The second kappa shape index (κ2) is 10.9. The number of rotatable bonds is 8. The van der Waals surface area contributed by atoms with E-state index in [0.29, 0.717) is 45.3 Å². The number of aromatic amines is 1. The van der Waals surface area contributed by atoms with Gasteiger partial charge in [0.1, 0.15) is 5.54 Å². The van der Waals surface area contributed by atoms with Crippen LogP contribution in [0.3, 0.4) is 0 Å². The molecule has 0 aliphatic heterocycles. The highest BCUT2D eigenvalue weighted by Gasteiger charge is 2.66. The zero-order chi connectivity index (χ0) is 35.3. The van der Waals surface area contributed by atoms with Crippen LogP contribution in [0.15, 0.2) is 72.0 Å². The molecule has 4 aliphatic rings. The second-order valence-electron chi connectivity index (χ2n) is 16.1. The zero-order valence-electron chi connectivity index (χ0n) is 28.6. The molecule has 1 amide bonds. The summed E-state index contributed by atoms with van der Waals surface area (Å²) in [6.45, 7) is 7.27. The number of carbonyl (C=O) groups is 2. The molecular formula is C39H37N7O4S. The summed E-state index contributed by atoms with van der Waals surface area (Å²) in [7, 11) is 0. The number of nitroso groups, excluding NO2 is 1. The number of nitrogens with one attached hydrogen (secondary N) is 2.